The van der Waals surface area contributed by atoms with E-state index in [4.69, 9.17) is 14.2 Å². The van der Waals surface area contributed by atoms with Gasteiger partial charge in [0.15, 0.2) is 11.5 Å². The van der Waals surface area contributed by atoms with Crippen LogP contribution in [-0.2, 0) is 38.1 Å². The summed E-state index contributed by atoms with van der Waals surface area (Å²) >= 11 is 0. The average molecular weight is 372 g/mol. The van der Waals surface area contributed by atoms with Gasteiger partial charge in [-0.2, -0.15) is 0 Å². The van der Waals surface area contributed by atoms with E-state index in [9.17, 15) is 19.2 Å². The topological polar surface area (TPSA) is 105 Å². The first kappa shape index (κ1) is 23.8. The standard InChI is InChI=1S/C10H18O3.C8H10O5/c1-5-10(6-2,7-3)9(12)13-8(4)11;1-5(9)12-7-3-11-4-8(7)13-6(2)10/h5-7H2,1-4H3;3-4H2,1-2H3. The first-order valence-corrected chi connectivity index (χ1v) is 8.51. The molecule has 0 aromatic heterocycles. The van der Waals surface area contributed by atoms with Gasteiger partial charge in [0.1, 0.15) is 13.2 Å². The molecule has 0 spiro atoms. The van der Waals surface area contributed by atoms with Crippen molar-refractivity contribution in [1.29, 1.82) is 0 Å². The lowest BCUT2D eigenvalue weighted by Crippen LogP contribution is -2.32. The van der Waals surface area contributed by atoms with Crippen molar-refractivity contribution in [2.75, 3.05) is 13.2 Å². The molecule has 8 heteroatoms. The summed E-state index contributed by atoms with van der Waals surface area (Å²) in [5.41, 5.74) is -0.467. The zero-order valence-corrected chi connectivity index (χ0v) is 16.3. The SMILES string of the molecule is CC(=O)OC1=C(OC(C)=O)COC1.CCC(CC)(CC)C(=O)OC(C)=O. The van der Waals surface area contributed by atoms with Crippen molar-refractivity contribution in [2.45, 2.75) is 60.8 Å². The minimum atomic E-state index is -0.523. The largest absolute Gasteiger partial charge is 0.425 e. The fourth-order valence-electron chi connectivity index (χ4n) is 2.34. The normalized spacial score (nSPS) is 13.5. The number of carbonyl (C=O) groups excluding carboxylic acids is 4. The minimum absolute atomic E-state index is 0.169. The molecule has 0 unspecified atom stereocenters. The third-order valence-electron chi connectivity index (χ3n) is 4.01. The molecule has 1 aliphatic rings. The third-order valence-corrected chi connectivity index (χ3v) is 4.01. The van der Waals surface area contributed by atoms with Crippen molar-refractivity contribution in [2.24, 2.45) is 5.41 Å². The molecule has 0 saturated carbocycles. The summed E-state index contributed by atoms with van der Waals surface area (Å²) in [5.74, 6) is -1.25. The van der Waals surface area contributed by atoms with E-state index >= 15 is 0 Å². The van der Waals surface area contributed by atoms with E-state index in [-0.39, 0.29) is 30.7 Å². The molecule has 0 aliphatic carbocycles. The van der Waals surface area contributed by atoms with Crippen molar-refractivity contribution >= 4 is 23.9 Å². The Hall–Kier alpha value is -2.22. The van der Waals surface area contributed by atoms with Gasteiger partial charge in [-0.25, -0.2) is 0 Å². The van der Waals surface area contributed by atoms with Crippen LogP contribution in [0.5, 0.6) is 0 Å². The molecule has 0 saturated heterocycles. The highest BCUT2D eigenvalue weighted by Crippen LogP contribution is 2.31. The number of carbonyl (C=O) groups is 4. The van der Waals surface area contributed by atoms with Gasteiger partial charge in [-0.05, 0) is 19.3 Å². The third kappa shape index (κ3) is 7.77. The minimum Gasteiger partial charge on any atom is -0.425 e. The molecule has 0 fully saturated rings. The lowest BCUT2D eigenvalue weighted by molar-refractivity contribution is -0.166. The van der Waals surface area contributed by atoms with Crippen LogP contribution in [0.2, 0.25) is 0 Å². The molecular weight excluding hydrogens is 344 g/mol. The quantitative estimate of drug-likeness (QED) is 0.398. The molecule has 0 amide bonds. The van der Waals surface area contributed by atoms with E-state index in [0.717, 1.165) is 0 Å². The molecule has 26 heavy (non-hydrogen) atoms. The van der Waals surface area contributed by atoms with Crippen molar-refractivity contribution < 1.29 is 38.1 Å². The lowest BCUT2D eigenvalue weighted by Gasteiger charge is -2.26. The maximum atomic E-state index is 11.5. The summed E-state index contributed by atoms with van der Waals surface area (Å²) in [7, 11) is 0. The molecule has 0 radical (unpaired) electrons. The van der Waals surface area contributed by atoms with Crippen LogP contribution >= 0.6 is 0 Å². The number of esters is 4. The first-order valence-electron chi connectivity index (χ1n) is 8.51. The average Bonchev–Trinajstić information content (AvgIpc) is 2.95. The molecule has 1 aliphatic heterocycles. The summed E-state index contributed by atoms with van der Waals surface area (Å²) in [6, 6.07) is 0. The Labute approximate surface area is 153 Å². The fraction of sp³-hybridized carbons (Fsp3) is 0.667. The molecule has 0 bridgehead atoms. The zero-order chi connectivity index (χ0) is 20.3. The van der Waals surface area contributed by atoms with Gasteiger partial charge in [-0.15, -0.1) is 0 Å². The molecule has 0 aromatic rings. The van der Waals surface area contributed by atoms with Gasteiger partial charge in [-0.1, -0.05) is 20.8 Å². The zero-order valence-electron chi connectivity index (χ0n) is 16.3. The summed E-state index contributed by atoms with van der Waals surface area (Å²) < 4.78 is 19.1. The molecule has 8 nitrogen and oxygen atoms in total. The van der Waals surface area contributed by atoms with E-state index in [0.29, 0.717) is 19.3 Å². The van der Waals surface area contributed by atoms with Crippen LogP contribution in [0, 0.1) is 5.41 Å². The maximum Gasteiger partial charge on any atom is 0.319 e. The molecule has 0 N–H and O–H groups in total. The number of hydrogen-bond acceptors (Lipinski definition) is 8. The van der Waals surface area contributed by atoms with Crippen molar-refractivity contribution in [1.82, 2.24) is 0 Å². The second-order valence-corrected chi connectivity index (χ2v) is 5.75. The van der Waals surface area contributed by atoms with Crippen LogP contribution in [0.4, 0.5) is 0 Å². The summed E-state index contributed by atoms with van der Waals surface area (Å²) in [4.78, 5) is 43.3. The number of rotatable bonds is 6. The van der Waals surface area contributed by atoms with Gasteiger partial charge in [0.05, 0.1) is 5.41 Å². The first-order chi connectivity index (χ1) is 12.1. The lowest BCUT2D eigenvalue weighted by atomic mass is 9.80. The number of hydrogen-bond donors (Lipinski definition) is 0. The molecule has 0 atom stereocenters. The summed E-state index contributed by atoms with van der Waals surface area (Å²) in [6.45, 7) is 9.96. The van der Waals surface area contributed by atoms with Crippen LogP contribution in [-0.4, -0.2) is 37.1 Å². The van der Waals surface area contributed by atoms with E-state index in [1.165, 1.54) is 20.8 Å². The van der Waals surface area contributed by atoms with Gasteiger partial charge in [0, 0.05) is 20.8 Å². The highest BCUT2D eigenvalue weighted by atomic mass is 16.6. The Morgan fingerprint density at radius 1 is 0.808 bits per heavy atom. The van der Waals surface area contributed by atoms with Gasteiger partial charge in [-0.3, -0.25) is 19.2 Å². The van der Waals surface area contributed by atoms with E-state index < -0.39 is 23.3 Å². The highest BCUT2D eigenvalue weighted by Gasteiger charge is 2.35. The molecule has 1 rings (SSSR count). The Morgan fingerprint density at radius 3 is 1.46 bits per heavy atom. The molecular formula is C18H28O8. The summed E-state index contributed by atoms with van der Waals surface area (Å²) in [5, 5.41) is 0. The second kappa shape index (κ2) is 11.4. The smallest absolute Gasteiger partial charge is 0.319 e. The Bertz CT molecular complexity index is 523. The van der Waals surface area contributed by atoms with Crippen LogP contribution in [0.15, 0.2) is 11.5 Å². The van der Waals surface area contributed by atoms with Gasteiger partial charge >= 0.3 is 23.9 Å². The molecule has 0 aromatic carbocycles. The second-order valence-electron chi connectivity index (χ2n) is 5.75. The van der Waals surface area contributed by atoms with Gasteiger partial charge in [0.25, 0.3) is 0 Å². The maximum absolute atomic E-state index is 11.5. The van der Waals surface area contributed by atoms with Crippen molar-refractivity contribution in [3.63, 3.8) is 0 Å². The van der Waals surface area contributed by atoms with Gasteiger partial charge < -0.3 is 18.9 Å². The highest BCUT2D eigenvalue weighted by molar-refractivity contribution is 5.87. The predicted molar refractivity (Wildman–Crippen MR) is 91.5 cm³/mol. The van der Waals surface area contributed by atoms with E-state index in [1.54, 1.807) is 0 Å². The summed E-state index contributed by atoms with van der Waals surface area (Å²) in [6.07, 6.45) is 2.14. The van der Waals surface area contributed by atoms with Crippen LogP contribution in [0.1, 0.15) is 60.8 Å². The Morgan fingerprint density at radius 2 is 1.19 bits per heavy atom. The van der Waals surface area contributed by atoms with E-state index in [1.807, 2.05) is 20.8 Å². The predicted octanol–water partition coefficient (Wildman–Crippen LogP) is 2.65. The number of ether oxygens (including phenoxy) is 4. The monoisotopic (exact) mass is 372 g/mol. The van der Waals surface area contributed by atoms with Crippen LogP contribution in [0.3, 0.4) is 0 Å². The van der Waals surface area contributed by atoms with E-state index in [2.05, 4.69) is 4.74 Å². The Kier molecular flexibility index (Phi) is 10.4. The molecule has 1 heterocycles. The van der Waals surface area contributed by atoms with Crippen LogP contribution < -0.4 is 0 Å². The van der Waals surface area contributed by atoms with Crippen molar-refractivity contribution in [3.05, 3.63) is 11.5 Å². The fourth-order valence-corrected chi connectivity index (χ4v) is 2.34. The Balaban J connectivity index is 0.000000481. The van der Waals surface area contributed by atoms with Crippen molar-refractivity contribution in [3.8, 4) is 0 Å². The van der Waals surface area contributed by atoms with Crippen LogP contribution in [0.25, 0.3) is 0 Å². The van der Waals surface area contributed by atoms with Gasteiger partial charge in [0.2, 0.25) is 0 Å². The molecule has 148 valence electrons.